The maximum absolute atomic E-state index is 13.7. The smallest absolute Gasteiger partial charge is 0.335 e. The summed E-state index contributed by atoms with van der Waals surface area (Å²) in [6, 6.07) is 19.9. The van der Waals surface area contributed by atoms with Crippen LogP contribution in [0.2, 0.25) is 0 Å². The van der Waals surface area contributed by atoms with E-state index in [9.17, 15) is 18.8 Å². The molecule has 3 aromatic rings. The zero-order valence-corrected chi connectivity index (χ0v) is 17.9. The molecule has 0 saturated carbocycles. The molecule has 6 rings (SSSR count). The van der Waals surface area contributed by atoms with Crippen molar-refractivity contribution in [3.05, 3.63) is 96.3 Å². The molecule has 0 radical (unpaired) electrons. The van der Waals surface area contributed by atoms with E-state index in [4.69, 9.17) is 4.74 Å². The zero-order chi connectivity index (χ0) is 23.4. The molecule has 168 valence electrons. The lowest BCUT2D eigenvalue weighted by Gasteiger charge is -2.36. The number of nitrogens with zero attached hydrogens (tertiary/aromatic N) is 2. The summed E-state index contributed by atoms with van der Waals surface area (Å²) >= 11 is 0. The van der Waals surface area contributed by atoms with E-state index in [2.05, 4.69) is 0 Å². The number of benzene rings is 3. The number of carbonyl (C=O) groups excluding carboxylic acids is 3. The molecule has 3 aromatic carbocycles. The van der Waals surface area contributed by atoms with Gasteiger partial charge in [-0.3, -0.25) is 9.59 Å². The molecule has 0 aromatic heterocycles. The van der Waals surface area contributed by atoms with Crippen molar-refractivity contribution in [3.8, 4) is 5.75 Å². The van der Waals surface area contributed by atoms with Crippen molar-refractivity contribution in [2.45, 2.75) is 12.1 Å². The molecular weight excluding hydrogens is 435 g/mol. The van der Waals surface area contributed by atoms with Gasteiger partial charge in [-0.25, -0.2) is 14.1 Å². The quantitative estimate of drug-likeness (QED) is 0.342. The highest BCUT2D eigenvalue weighted by Gasteiger charge is 2.65. The van der Waals surface area contributed by atoms with Crippen LogP contribution in [0.15, 0.2) is 84.9 Å². The normalized spacial score (nSPS) is 24.6. The van der Waals surface area contributed by atoms with Gasteiger partial charge in [-0.1, -0.05) is 48.6 Å². The Morgan fingerprint density at radius 3 is 2.26 bits per heavy atom. The van der Waals surface area contributed by atoms with Crippen molar-refractivity contribution in [2.75, 3.05) is 9.80 Å². The van der Waals surface area contributed by atoms with Gasteiger partial charge >= 0.3 is 5.97 Å². The van der Waals surface area contributed by atoms with Crippen molar-refractivity contribution in [1.82, 2.24) is 0 Å². The summed E-state index contributed by atoms with van der Waals surface area (Å²) in [6.07, 6.45) is 3.78. The van der Waals surface area contributed by atoms with Crippen LogP contribution >= 0.6 is 0 Å². The zero-order valence-electron chi connectivity index (χ0n) is 17.9. The maximum Gasteiger partial charge on any atom is 0.335 e. The first kappa shape index (κ1) is 20.4. The second-order valence-electron chi connectivity index (χ2n) is 8.53. The highest BCUT2D eigenvalue weighted by Crippen LogP contribution is 2.49. The van der Waals surface area contributed by atoms with Gasteiger partial charge in [0.25, 0.3) is 0 Å². The fraction of sp³-hybridized carbons (Fsp3) is 0.148. The molecule has 0 spiro atoms. The summed E-state index contributed by atoms with van der Waals surface area (Å²) in [7, 11) is 0. The molecule has 0 unspecified atom stereocenters. The van der Waals surface area contributed by atoms with Crippen molar-refractivity contribution in [1.29, 1.82) is 0 Å². The molecule has 3 aliphatic rings. The Bertz CT molecular complexity index is 1340. The Hall–Kier alpha value is -4.26. The summed E-state index contributed by atoms with van der Waals surface area (Å²) in [4.78, 5) is 43.7. The van der Waals surface area contributed by atoms with Crippen LogP contribution in [0.5, 0.6) is 5.75 Å². The SMILES string of the molecule is O=C(Oc1ccccc1)[C@@H]1[C@@H]2C(=O)N(c3ccc(F)cc3)C(=O)[C@@H]2[C@@H]2C=Cc3ccccc3N12. The van der Waals surface area contributed by atoms with Gasteiger partial charge in [0, 0.05) is 5.69 Å². The average molecular weight is 454 g/mol. The van der Waals surface area contributed by atoms with Crippen LogP contribution in [0.4, 0.5) is 15.8 Å². The van der Waals surface area contributed by atoms with Gasteiger partial charge in [0.2, 0.25) is 11.8 Å². The monoisotopic (exact) mass is 454 g/mol. The lowest BCUT2D eigenvalue weighted by molar-refractivity contribution is -0.139. The van der Waals surface area contributed by atoms with Gasteiger partial charge in [-0.2, -0.15) is 0 Å². The Kier molecular flexibility index (Phi) is 4.58. The maximum atomic E-state index is 13.7. The second-order valence-corrected chi connectivity index (χ2v) is 8.53. The van der Waals surface area contributed by atoms with Crippen LogP contribution in [0, 0.1) is 17.7 Å². The van der Waals surface area contributed by atoms with E-state index in [1.54, 1.807) is 24.3 Å². The predicted molar refractivity (Wildman–Crippen MR) is 123 cm³/mol. The van der Waals surface area contributed by atoms with E-state index in [1.165, 1.54) is 24.3 Å². The largest absolute Gasteiger partial charge is 0.425 e. The van der Waals surface area contributed by atoms with Gasteiger partial charge in [0.15, 0.2) is 0 Å². The number of fused-ring (bicyclic) bond motifs is 5. The summed E-state index contributed by atoms with van der Waals surface area (Å²) < 4.78 is 19.1. The van der Waals surface area contributed by atoms with Crippen molar-refractivity contribution >= 4 is 35.2 Å². The van der Waals surface area contributed by atoms with Crippen LogP contribution < -0.4 is 14.5 Å². The topological polar surface area (TPSA) is 66.9 Å². The number of amides is 2. The molecule has 7 heteroatoms. The van der Waals surface area contributed by atoms with Crippen LogP contribution in [-0.2, 0) is 14.4 Å². The molecule has 2 amide bonds. The molecule has 2 saturated heterocycles. The predicted octanol–water partition coefficient (Wildman–Crippen LogP) is 3.82. The third-order valence-corrected chi connectivity index (χ3v) is 6.70. The van der Waals surface area contributed by atoms with Crippen LogP contribution in [-0.4, -0.2) is 29.9 Å². The number of halogens is 1. The van der Waals surface area contributed by atoms with Crippen molar-refractivity contribution in [3.63, 3.8) is 0 Å². The molecule has 3 heterocycles. The Balaban J connectivity index is 1.44. The number of para-hydroxylation sites is 2. The number of rotatable bonds is 3. The first-order valence-corrected chi connectivity index (χ1v) is 11.0. The number of hydrogen-bond acceptors (Lipinski definition) is 5. The van der Waals surface area contributed by atoms with Crippen LogP contribution in [0.1, 0.15) is 5.56 Å². The summed E-state index contributed by atoms with van der Waals surface area (Å²) in [5, 5.41) is 0. The van der Waals surface area contributed by atoms with Crippen LogP contribution in [0.3, 0.4) is 0 Å². The molecular formula is C27H19FN2O4. The third kappa shape index (κ3) is 2.97. The number of carbonyl (C=O) groups is 3. The number of anilines is 2. The van der Waals surface area contributed by atoms with Gasteiger partial charge < -0.3 is 9.64 Å². The van der Waals surface area contributed by atoms with Gasteiger partial charge in [-0.15, -0.1) is 0 Å². The van der Waals surface area contributed by atoms with Crippen molar-refractivity contribution < 1.29 is 23.5 Å². The van der Waals surface area contributed by atoms with Gasteiger partial charge in [0.1, 0.15) is 17.6 Å². The molecule has 2 fully saturated rings. The lowest BCUT2D eigenvalue weighted by Crippen LogP contribution is -2.50. The molecule has 6 nitrogen and oxygen atoms in total. The minimum absolute atomic E-state index is 0.285. The third-order valence-electron chi connectivity index (χ3n) is 6.70. The Morgan fingerprint density at radius 1 is 0.824 bits per heavy atom. The summed E-state index contributed by atoms with van der Waals surface area (Å²) in [6.45, 7) is 0. The minimum atomic E-state index is -0.997. The number of ether oxygens (including phenoxy) is 1. The molecule has 0 N–H and O–H groups in total. The van der Waals surface area contributed by atoms with Gasteiger partial charge in [-0.05, 0) is 48.0 Å². The molecule has 0 aliphatic carbocycles. The first-order chi connectivity index (χ1) is 16.5. The standard InChI is InChI=1S/C27H19FN2O4/c28-17-11-13-18(14-12-17)29-25(31)22-21-15-10-16-6-4-5-9-20(16)30(21)24(23(22)26(29)32)27(33)34-19-7-2-1-3-8-19/h1-15,21-24H/t21-,22+,23+,24-/m0/s1. The fourth-order valence-electron chi connectivity index (χ4n) is 5.29. The van der Waals surface area contributed by atoms with E-state index in [-0.39, 0.29) is 5.69 Å². The average Bonchev–Trinajstić information content (AvgIpc) is 3.33. The van der Waals surface area contributed by atoms with Gasteiger partial charge in [0.05, 0.1) is 23.6 Å². The van der Waals surface area contributed by atoms with E-state index in [0.717, 1.165) is 16.2 Å². The minimum Gasteiger partial charge on any atom is -0.425 e. The Labute approximate surface area is 194 Å². The fourth-order valence-corrected chi connectivity index (χ4v) is 5.29. The number of esters is 1. The number of imide groups is 1. The van der Waals surface area contributed by atoms with E-state index >= 15 is 0 Å². The highest BCUT2D eigenvalue weighted by atomic mass is 19.1. The summed E-state index contributed by atoms with van der Waals surface area (Å²) in [5.41, 5.74) is 1.95. The molecule has 4 atom stereocenters. The van der Waals surface area contributed by atoms with E-state index in [1.807, 2.05) is 47.4 Å². The molecule has 3 aliphatic heterocycles. The highest BCUT2D eigenvalue weighted by molar-refractivity contribution is 6.24. The van der Waals surface area contributed by atoms with Crippen LogP contribution in [0.25, 0.3) is 6.08 Å². The lowest BCUT2D eigenvalue weighted by atomic mass is 9.89. The van der Waals surface area contributed by atoms with E-state index in [0.29, 0.717) is 5.75 Å². The Morgan fingerprint density at radius 2 is 1.50 bits per heavy atom. The first-order valence-electron chi connectivity index (χ1n) is 11.0. The molecule has 34 heavy (non-hydrogen) atoms. The van der Waals surface area contributed by atoms with E-state index < -0.39 is 47.5 Å². The van der Waals surface area contributed by atoms with Crippen molar-refractivity contribution in [2.24, 2.45) is 11.8 Å². The second kappa shape index (κ2) is 7.66. The molecule has 0 bridgehead atoms. The summed E-state index contributed by atoms with van der Waals surface area (Å²) in [5.74, 6) is -3.31. The number of hydrogen-bond donors (Lipinski definition) is 0.